The van der Waals surface area contributed by atoms with E-state index in [1.54, 1.807) is 0 Å². The molecule has 0 radical (unpaired) electrons. The summed E-state index contributed by atoms with van der Waals surface area (Å²) in [6, 6.07) is 0. The van der Waals surface area contributed by atoms with Crippen LogP contribution in [0.25, 0.3) is 0 Å². The lowest BCUT2D eigenvalue weighted by Gasteiger charge is -2.34. The highest BCUT2D eigenvalue weighted by molar-refractivity contribution is 5.94. The maximum Gasteiger partial charge on any atom is 0.161 e. The minimum atomic E-state index is -0.200. The predicted molar refractivity (Wildman–Crippen MR) is 54.6 cm³/mol. The van der Waals surface area contributed by atoms with Crippen molar-refractivity contribution in [3.8, 4) is 0 Å². The Labute approximate surface area is 79.7 Å². The van der Waals surface area contributed by atoms with E-state index in [1.807, 2.05) is 6.08 Å². The standard InChI is InChI=1S/C11H17NO/c1-3-5-11(10(13)4-2)6-8-12-9-7-11/h3-4,12H,1-2,5-9H2. The second-order valence-corrected chi connectivity index (χ2v) is 3.59. The van der Waals surface area contributed by atoms with Gasteiger partial charge in [-0.1, -0.05) is 12.7 Å². The number of allylic oxidation sites excluding steroid dienone is 2. The second kappa shape index (κ2) is 4.38. The van der Waals surface area contributed by atoms with Gasteiger partial charge in [-0.3, -0.25) is 4.79 Å². The molecule has 1 fully saturated rings. The van der Waals surface area contributed by atoms with E-state index in [0.717, 1.165) is 32.4 Å². The van der Waals surface area contributed by atoms with Gasteiger partial charge in [0.15, 0.2) is 5.78 Å². The number of piperidine rings is 1. The van der Waals surface area contributed by atoms with Crippen LogP contribution in [0.15, 0.2) is 25.3 Å². The molecule has 0 amide bonds. The summed E-state index contributed by atoms with van der Waals surface area (Å²) in [5.41, 5.74) is -0.200. The third-order valence-corrected chi connectivity index (χ3v) is 2.80. The number of ketones is 1. The maximum atomic E-state index is 11.7. The van der Waals surface area contributed by atoms with Crippen molar-refractivity contribution >= 4 is 5.78 Å². The molecule has 0 aromatic rings. The topological polar surface area (TPSA) is 29.1 Å². The average Bonchev–Trinajstić information content (AvgIpc) is 2.18. The van der Waals surface area contributed by atoms with Gasteiger partial charge < -0.3 is 5.32 Å². The molecule has 0 aromatic carbocycles. The third kappa shape index (κ3) is 2.07. The van der Waals surface area contributed by atoms with Gasteiger partial charge in [0.2, 0.25) is 0 Å². The van der Waals surface area contributed by atoms with Crippen molar-refractivity contribution in [1.29, 1.82) is 0 Å². The first-order valence-electron chi connectivity index (χ1n) is 4.74. The van der Waals surface area contributed by atoms with E-state index in [2.05, 4.69) is 18.5 Å². The lowest BCUT2D eigenvalue weighted by atomic mass is 9.73. The van der Waals surface area contributed by atoms with Gasteiger partial charge in [0.25, 0.3) is 0 Å². The largest absolute Gasteiger partial charge is 0.317 e. The number of carbonyl (C=O) groups excluding carboxylic acids is 1. The van der Waals surface area contributed by atoms with Crippen LogP contribution < -0.4 is 5.32 Å². The molecular weight excluding hydrogens is 162 g/mol. The Morgan fingerprint density at radius 1 is 1.38 bits per heavy atom. The van der Waals surface area contributed by atoms with Crippen molar-refractivity contribution in [1.82, 2.24) is 5.32 Å². The fraction of sp³-hybridized carbons (Fsp3) is 0.545. The van der Waals surface area contributed by atoms with Gasteiger partial charge in [-0.25, -0.2) is 0 Å². The van der Waals surface area contributed by atoms with Crippen molar-refractivity contribution in [3.63, 3.8) is 0 Å². The van der Waals surface area contributed by atoms with E-state index >= 15 is 0 Å². The van der Waals surface area contributed by atoms with Gasteiger partial charge in [0.1, 0.15) is 0 Å². The van der Waals surface area contributed by atoms with Crippen LogP contribution in [-0.2, 0) is 4.79 Å². The molecule has 1 heterocycles. The summed E-state index contributed by atoms with van der Waals surface area (Å²) in [4.78, 5) is 11.7. The summed E-state index contributed by atoms with van der Waals surface area (Å²) in [5.74, 6) is 0.175. The first-order chi connectivity index (χ1) is 6.25. The Morgan fingerprint density at radius 3 is 2.46 bits per heavy atom. The first-order valence-corrected chi connectivity index (χ1v) is 4.74. The Morgan fingerprint density at radius 2 is 2.00 bits per heavy atom. The number of carbonyl (C=O) groups is 1. The molecule has 1 rings (SSSR count). The average molecular weight is 179 g/mol. The van der Waals surface area contributed by atoms with Gasteiger partial charge in [-0.05, 0) is 38.4 Å². The molecule has 1 saturated heterocycles. The molecule has 2 heteroatoms. The zero-order valence-electron chi connectivity index (χ0n) is 8.01. The first kappa shape index (κ1) is 10.2. The van der Waals surface area contributed by atoms with Gasteiger partial charge in [0, 0.05) is 5.41 Å². The van der Waals surface area contributed by atoms with E-state index in [1.165, 1.54) is 6.08 Å². The minimum absolute atomic E-state index is 0.175. The molecular formula is C11H17NO. The molecule has 1 aliphatic rings. The van der Waals surface area contributed by atoms with E-state index < -0.39 is 0 Å². The summed E-state index contributed by atoms with van der Waals surface area (Å²) < 4.78 is 0. The van der Waals surface area contributed by atoms with Crippen LogP contribution in [0.5, 0.6) is 0 Å². The Bertz CT molecular complexity index is 214. The summed E-state index contributed by atoms with van der Waals surface area (Å²) >= 11 is 0. The summed E-state index contributed by atoms with van der Waals surface area (Å²) in [7, 11) is 0. The van der Waals surface area contributed by atoms with Crippen LogP contribution in [0.1, 0.15) is 19.3 Å². The molecule has 2 nitrogen and oxygen atoms in total. The molecule has 72 valence electrons. The quantitative estimate of drug-likeness (QED) is 0.525. The van der Waals surface area contributed by atoms with Gasteiger partial charge in [-0.2, -0.15) is 0 Å². The van der Waals surface area contributed by atoms with Crippen LogP contribution in [0.4, 0.5) is 0 Å². The zero-order chi connectivity index (χ0) is 9.73. The molecule has 0 bridgehead atoms. The summed E-state index contributed by atoms with van der Waals surface area (Å²) in [6.07, 6.45) is 5.88. The molecule has 0 spiro atoms. The smallest absolute Gasteiger partial charge is 0.161 e. The molecule has 0 aromatic heterocycles. The molecule has 0 saturated carbocycles. The fourth-order valence-corrected chi connectivity index (χ4v) is 1.95. The van der Waals surface area contributed by atoms with Gasteiger partial charge in [0.05, 0.1) is 0 Å². The van der Waals surface area contributed by atoms with Crippen LogP contribution in [0, 0.1) is 5.41 Å². The van der Waals surface area contributed by atoms with E-state index in [9.17, 15) is 4.79 Å². The normalized spacial score (nSPS) is 20.6. The Balaban J connectivity index is 2.77. The fourth-order valence-electron chi connectivity index (χ4n) is 1.95. The van der Waals surface area contributed by atoms with Crippen molar-refractivity contribution in [2.24, 2.45) is 5.41 Å². The second-order valence-electron chi connectivity index (χ2n) is 3.59. The molecule has 1 aliphatic heterocycles. The third-order valence-electron chi connectivity index (χ3n) is 2.80. The summed E-state index contributed by atoms with van der Waals surface area (Å²) in [5, 5.41) is 3.26. The number of hydrogen-bond acceptors (Lipinski definition) is 2. The van der Waals surface area contributed by atoms with Crippen molar-refractivity contribution in [2.45, 2.75) is 19.3 Å². The summed E-state index contributed by atoms with van der Waals surface area (Å²) in [6.45, 7) is 9.12. The number of hydrogen-bond donors (Lipinski definition) is 1. The molecule has 0 aliphatic carbocycles. The van der Waals surface area contributed by atoms with E-state index in [0.29, 0.717) is 0 Å². The van der Waals surface area contributed by atoms with Gasteiger partial charge >= 0.3 is 0 Å². The van der Waals surface area contributed by atoms with Crippen LogP contribution in [-0.4, -0.2) is 18.9 Å². The van der Waals surface area contributed by atoms with Gasteiger partial charge in [-0.15, -0.1) is 6.58 Å². The van der Waals surface area contributed by atoms with Crippen LogP contribution in [0.2, 0.25) is 0 Å². The van der Waals surface area contributed by atoms with Crippen LogP contribution in [0.3, 0.4) is 0 Å². The molecule has 13 heavy (non-hydrogen) atoms. The SMILES string of the molecule is C=CCC1(C(=O)C=C)CCNCC1. The molecule has 0 unspecified atom stereocenters. The Hall–Kier alpha value is -0.890. The van der Waals surface area contributed by atoms with Crippen molar-refractivity contribution in [2.75, 3.05) is 13.1 Å². The number of rotatable bonds is 4. The highest BCUT2D eigenvalue weighted by Gasteiger charge is 2.36. The predicted octanol–water partition coefficient (Wildman–Crippen LogP) is 1.69. The molecule has 1 N–H and O–H groups in total. The lowest BCUT2D eigenvalue weighted by molar-refractivity contribution is -0.125. The maximum absolute atomic E-state index is 11.7. The highest BCUT2D eigenvalue weighted by atomic mass is 16.1. The van der Waals surface area contributed by atoms with Crippen molar-refractivity contribution < 1.29 is 4.79 Å². The molecule has 0 atom stereocenters. The highest BCUT2D eigenvalue weighted by Crippen LogP contribution is 2.34. The number of nitrogens with one attached hydrogen (secondary N) is 1. The lowest BCUT2D eigenvalue weighted by Crippen LogP contribution is -2.41. The zero-order valence-corrected chi connectivity index (χ0v) is 8.01. The van der Waals surface area contributed by atoms with E-state index in [4.69, 9.17) is 0 Å². The Kier molecular flexibility index (Phi) is 3.43. The van der Waals surface area contributed by atoms with E-state index in [-0.39, 0.29) is 11.2 Å². The minimum Gasteiger partial charge on any atom is -0.317 e. The monoisotopic (exact) mass is 179 g/mol. The van der Waals surface area contributed by atoms with Crippen LogP contribution >= 0.6 is 0 Å². The van der Waals surface area contributed by atoms with Crippen molar-refractivity contribution in [3.05, 3.63) is 25.3 Å².